The van der Waals surface area contributed by atoms with E-state index in [1.165, 1.54) is 17.7 Å². The predicted molar refractivity (Wildman–Crippen MR) is 87.5 cm³/mol. The number of hydrogen-bond acceptors (Lipinski definition) is 4. The van der Waals surface area contributed by atoms with E-state index in [2.05, 4.69) is 48.7 Å². The quantitative estimate of drug-likeness (QED) is 0.906. The minimum absolute atomic E-state index is 0.114. The maximum absolute atomic E-state index is 6.29. The maximum atomic E-state index is 6.29. The van der Waals surface area contributed by atoms with Gasteiger partial charge in [0.2, 0.25) is 0 Å². The van der Waals surface area contributed by atoms with Crippen molar-refractivity contribution < 1.29 is 4.74 Å². The molecule has 1 aliphatic rings. The van der Waals surface area contributed by atoms with Crippen LogP contribution < -0.4 is 10.5 Å². The van der Waals surface area contributed by atoms with Gasteiger partial charge in [-0.15, -0.1) is 0 Å². The van der Waals surface area contributed by atoms with Gasteiger partial charge in [-0.05, 0) is 31.0 Å². The van der Waals surface area contributed by atoms with Gasteiger partial charge >= 0.3 is 0 Å². The molecular weight excluding hydrogens is 268 g/mol. The Balaban J connectivity index is 2.21. The minimum Gasteiger partial charge on any atom is -0.497 e. The molecule has 0 bridgehead atoms. The van der Waals surface area contributed by atoms with E-state index in [1.807, 2.05) is 6.07 Å². The number of thioether (sulfide) groups is 1. The van der Waals surface area contributed by atoms with Gasteiger partial charge in [-0.2, -0.15) is 11.8 Å². The van der Waals surface area contributed by atoms with Crippen molar-refractivity contribution in [3.8, 4) is 5.75 Å². The topological polar surface area (TPSA) is 38.5 Å². The molecule has 1 heterocycles. The first-order valence-electron chi connectivity index (χ1n) is 7.41. The third-order valence-electron chi connectivity index (χ3n) is 3.95. The van der Waals surface area contributed by atoms with Crippen LogP contribution in [0.1, 0.15) is 31.9 Å². The fourth-order valence-electron chi connectivity index (χ4n) is 2.91. The Kier molecular flexibility index (Phi) is 5.75. The molecule has 0 radical (unpaired) electrons. The Bertz CT molecular complexity index is 425. The lowest BCUT2D eigenvalue weighted by Gasteiger charge is -2.40. The molecule has 3 atom stereocenters. The molecule has 3 unspecified atom stereocenters. The molecule has 0 spiro atoms. The Labute approximate surface area is 126 Å². The van der Waals surface area contributed by atoms with Crippen LogP contribution >= 0.6 is 11.8 Å². The Morgan fingerprint density at radius 1 is 1.50 bits per heavy atom. The van der Waals surface area contributed by atoms with Crippen molar-refractivity contribution in [1.82, 2.24) is 4.90 Å². The van der Waals surface area contributed by atoms with Crippen LogP contribution in [0.15, 0.2) is 24.3 Å². The van der Waals surface area contributed by atoms with Crippen LogP contribution in [0.2, 0.25) is 0 Å². The van der Waals surface area contributed by atoms with Crippen molar-refractivity contribution in [1.29, 1.82) is 0 Å². The van der Waals surface area contributed by atoms with E-state index in [9.17, 15) is 0 Å². The lowest BCUT2D eigenvalue weighted by molar-refractivity contribution is 0.181. The molecule has 4 heteroatoms. The zero-order valence-electron chi connectivity index (χ0n) is 12.7. The lowest BCUT2D eigenvalue weighted by atomic mass is 9.98. The van der Waals surface area contributed by atoms with Gasteiger partial charge in [0.05, 0.1) is 7.11 Å². The molecule has 20 heavy (non-hydrogen) atoms. The highest BCUT2D eigenvalue weighted by atomic mass is 32.2. The number of rotatable bonds is 5. The van der Waals surface area contributed by atoms with Crippen molar-refractivity contribution in [3.63, 3.8) is 0 Å². The monoisotopic (exact) mass is 294 g/mol. The highest BCUT2D eigenvalue weighted by molar-refractivity contribution is 8.00. The summed E-state index contributed by atoms with van der Waals surface area (Å²) in [6.45, 7) is 6.62. The number of benzene rings is 1. The molecule has 0 aliphatic carbocycles. The van der Waals surface area contributed by atoms with Crippen LogP contribution in [-0.2, 0) is 0 Å². The maximum Gasteiger partial charge on any atom is 0.119 e. The number of nitrogens with two attached hydrogens (primary N) is 1. The summed E-state index contributed by atoms with van der Waals surface area (Å²) < 4.78 is 5.35. The normalized spacial score (nSPS) is 23.3. The van der Waals surface area contributed by atoms with Gasteiger partial charge in [-0.25, -0.2) is 0 Å². The van der Waals surface area contributed by atoms with E-state index < -0.39 is 0 Å². The standard InChI is InChI=1S/C16H26N2OS/c1-4-15-11-18(8-9-20-15)16(12(2)17)13-6-5-7-14(10-13)19-3/h5-7,10,12,15-16H,4,8-9,11,17H2,1-3H3. The van der Waals surface area contributed by atoms with Gasteiger partial charge in [0.25, 0.3) is 0 Å². The first kappa shape index (κ1) is 15.7. The SMILES string of the molecule is CCC1CN(C(c2cccc(OC)c2)C(C)N)CCS1. The van der Waals surface area contributed by atoms with E-state index in [4.69, 9.17) is 10.5 Å². The van der Waals surface area contributed by atoms with Crippen LogP contribution in [0, 0.1) is 0 Å². The summed E-state index contributed by atoms with van der Waals surface area (Å²) in [5.74, 6) is 2.11. The Morgan fingerprint density at radius 2 is 2.30 bits per heavy atom. The molecule has 0 aromatic heterocycles. The van der Waals surface area contributed by atoms with Crippen LogP contribution in [0.3, 0.4) is 0 Å². The fourth-order valence-corrected chi connectivity index (χ4v) is 4.12. The molecule has 1 fully saturated rings. The smallest absolute Gasteiger partial charge is 0.119 e. The molecule has 1 aromatic carbocycles. The summed E-state index contributed by atoms with van der Waals surface area (Å²) in [6.07, 6.45) is 1.23. The second-order valence-electron chi connectivity index (χ2n) is 5.48. The highest BCUT2D eigenvalue weighted by Gasteiger charge is 2.29. The summed E-state index contributed by atoms with van der Waals surface area (Å²) in [5.41, 5.74) is 7.55. The highest BCUT2D eigenvalue weighted by Crippen LogP contribution is 2.31. The number of ether oxygens (including phenoxy) is 1. The van der Waals surface area contributed by atoms with Gasteiger partial charge in [-0.3, -0.25) is 4.90 Å². The average Bonchev–Trinajstić information content (AvgIpc) is 2.47. The van der Waals surface area contributed by atoms with Crippen LogP contribution in [0.25, 0.3) is 0 Å². The fraction of sp³-hybridized carbons (Fsp3) is 0.625. The molecular formula is C16H26N2OS. The van der Waals surface area contributed by atoms with Crippen molar-refractivity contribution in [3.05, 3.63) is 29.8 Å². The summed E-state index contributed by atoms with van der Waals surface area (Å²) in [5, 5.41) is 0.732. The van der Waals surface area contributed by atoms with Gasteiger partial charge in [-0.1, -0.05) is 19.1 Å². The van der Waals surface area contributed by atoms with Crippen molar-refractivity contribution >= 4 is 11.8 Å². The number of methoxy groups -OCH3 is 1. The van der Waals surface area contributed by atoms with E-state index >= 15 is 0 Å². The zero-order chi connectivity index (χ0) is 14.5. The third kappa shape index (κ3) is 3.68. The summed E-state index contributed by atoms with van der Waals surface area (Å²) in [4.78, 5) is 2.55. The lowest BCUT2D eigenvalue weighted by Crippen LogP contribution is -2.46. The summed E-state index contributed by atoms with van der Waals surface area (Å²) >= 11 is 2.09. The van der Waals surface area contributed by atoms with Crippen LogP contribution in [-0.4, -0.2) is 42.1 Å². The second kappa shape index (κ2) is 7.34. The molecule has 112 valence electrons. The van der Waals surface area contributed by atoms with E-state index in [0.29, 0.717) is 0 Å². The largest absolute Gasteiger partial charge is 0.497 e. The minimum atomic E-state index is 0.114. The summed E-state index contributed by atoms with van der Waals surface area (Å²) in [6, 6.07) is 8.72. The molecule has 1 aromatic rings. The van der Waals surface area contributed by atoms with Crippen molar-refractivity contribution in [2.45, 2.75) is 37.6 Å². The van der Waals surface area contributed by atoms with E-state index in [-0.39, 0.29) is 12.1 Å². The van der Waals surface area contributed by atoms with Gasteiger partial charge in [0, 0.05) is 36.2 Å². The van der Waals surface area contributed by atoms with E-state index in [1.54, 1.807) is 7.11 Å². The first-order valence-corrected chi connectivity index (χ1v) is 8.45. The summed E-state index contributed by atoms with van der Waals surface area (Å²) in [7, 11) is 1.71. The third-order valence-corrected chi connectivity index (χ3v) is 5.32. The molecule has 2 N–H and O–H groups in total. The van der Waals surface area contributed by atoms with Gasteiger partial charge < -0.3 is 10.5 Å². The van der Waals surface area contributed by atoms with Crippen molar-refractivity contribution in [2.75, 3.05) is 26.0 Å². The molecule has 1 saturated heterocycles. The van der Waals surface area contributed by atoms with Crippen LogP contribution in [0.4, 0.5) is 0 Å². The number of hydrogen-bond donors (Lipinski definition) is 1. The van der Waals surface area contributed by atoms with Gasteiger partial charge in [0.1, 0.15) is 5.75 Å². The molecule has 0 saturated carbocycles. The zero-order valence-corrected chi connectivity index (χ0v) is 13.5. The Morgan fingerprint density at radius 3 is 2.95 bits per heavy atom. The van der Waals surface area contributed by atoms with E-state index in [0.717, 1.165) is 24.1 Å². The van der Waals surface area contributed by atoms with Crippen LogP contribution in [0.5, 0.6) is 5.75 Å². The molecule has 1 aliphatic heterocycles. The Hall–Kier alpha value is -0.710. The number of nitrogens with zero attached hydrogens (tertiary/aromatic N) is 1. The molecule has 0 amide bonds. The van der Waals surface area contributed by atoms with Gasteiger partial charge in [0.15, 0.2) is 0 Å². The predicted octanol–water partition coefficient (Wildman–Crippen LogP) is 2.91. The second-order valence-corrected chi connectivity index (χ2v) is 6.88. The molecule has 2 rings (SSSR count). The van der Waals surface area contributed by atoms with Crippen molar-refractivity contribution in [2.24, 2.45) is 5.73 Å². The molecule has 3 nitrogen and oxygen atoms in total. The first-order chi connectivity index (χ1) is 9.65. The average molecular weight is 294 g/mol.